The lowest BCUT2D eigenvalue weighted by Crippen LogP contribution is -2.31. The molecule has 1 amide bonds. The van der Waals surface area contributed by atoms with Gasteiger partial charge in [-0.3, -0.25) is 4.79 Å². The third-order valence-electron chi connectivity index (χ3n) is 2.78. The van der Waals surface area contributed by atoms with Gasteiger partial charge in [-0.1, -0.05) is 41.9 Å². The molecular weight excluding hydrogens is 294 g/mol. The van der Waals surface area contributed by atoms with Gasteiger partial charge in [-0.15, -0.1) is 0 Å². The van der Waals surface area contributed by atoms with Crippen LogP contribution >= 0.6 is 15.9 Å². The summed E-state index contributed by atoms with van der Waals surface area (Å²) in [6.45, 7) is 5.43. The summed E-state index contributed by atoms with van der Waals surface area (Å²) in [7, 11) is 1.77. The molecule has 0 radical (unpaired) electrons. The van der Waals surface area contributed by atoms with E-state index in [2.05, 4.69) is 41.9 Å². The van der Waals surface area contributed by atoms with Crippen LogP contribution in [-0.4, -0.2) is 36.3 Å². The molecule has 0 heterocycles. The second-order valence-corrected chi connectivity index (χ2v) is 5.08. The lowest BCUT2D eigenvalue weighted by molar-refractivity contribution is -0.127. The van der Waals surface area contributed by atoms with Crippen molar-refractivity contribution in [3.8, 4) is 5.75 Å². The van der Waals surface area contributed by atoms with E-state index in [1.54, 1.807) is 11.9 Å². The van der Waals surface area contributed by atoms with E-state index >= 15 is 0 Å². The van der Waals surface area contributed by atoms with Crippen LogP contribution in [0, 0.1) is 0 Å². The first-order valence-electron chi connectivity index (χ1n) is 6.07. The van der Waals surface area contributed by atoms with E-state index in [0.29, 0.717) is 24.4 Å². The van der Waals surface area contributed by atoms with Crippen LogP contribution in [0.25, 0.3) is 0 Å². The summed E-state index contributed by atoms with van der Waals surface area (Å²) in [6, 6.07) is 8.10. The zero-order valence-electron chi connectivity index (χ0n) is 11.1. The fourth-order valence-corrected chi connectivity index (χ4v) is 1.90. The molecule has 0 spiro atoms. The molecule has 0 saturated carbocycles. The van der Waals surface area contributed by atoms with Crippen molar-refractivity contribution in [2.24, 2.45) is 0 Å². The predicted molar refractivity (Wildman–Crippen MR) is 77.5 cm³/mol. The number of hydrogen-bond acceptors (Lipinski definition) is 2. The molecule has 18 heavy (non-hydrogen) atoms. The third kappa shape index (κ3) is 4.69. The van der Waals surface area contributed by atoms with Crippen molar-refractivity contribution >= 4 is 21.8 Å². The molecule has 0 atom stereocenters. The lowest BCUT2D eigenvalue weighted by atomic mass is 10.0. The van der Waals surface area contributed by atoms with E-state index in [0.717, 1.165) is 5.75 Å². The number of alkyl halides is 1. The highest BCUT2D eigenvalue weighted by atomic mass is 79.9. The number of likely N-dealkylation sites (N-methyl/N-ethyl adjacent to an activating group) is 1. The van der Waals surface area contributed by atoms with Crippen molar-refractivity contribution in [1.82, 2.24) is 4.90 Å². The molecule has 0 bridgehead atoms. The van der Waals surface area contributed by atoms with Crippen LogP contribution in [0.5, 0.6) is 5.75 Å². The van der Waals surface area contributed by atoms with E-state index < -0.39 is 0 Å². The Morgan fingerprint density at radius 2 is 1.94 bits per heavy atom. The first-order valence-corrected chi connectivity index (χ1v) is 7.19. The van der Waals surface area contributed by atoms with Crippen molar-refractivity contribution < 1.29 is 9.53 Å². The number of amides is 1. The number of ether oxygens (including phenoxy) is 1. The zero-order chi connectivity index (χ0) is 13.5. The topological polar surface area (TPSA) is 29.5 Å². The molecule has 0 saturated heterocycles. The largest absolute Gasteiger partial charge is 0.492 e. The summed E-state index contributed by atoms with van der Waals surface area (Å²) >= 11 is 3.14. The van der Waals surface area contributed by atoms with Crippen LogP contribution in [0.3, 0.4) is 0 Å². The fraction of sp³-hybridized carbons (Fsp3) is 0.500. The summed E-state index contributed by atoms with van der Waals surface area (Å²) < 4.78 is 5.60. The highest BCUT2D eigenvalue weighted by Crippen LogP contribution is 2.18. The van der Waals surface area contributed by atoms with Gasteiger partial charge in [0.2, 0.25) is 5.91 Å². The van der Waals surface area contributed by atoms with E-state index in [9.17, 15) is 4.79 Å². The Balaban J connectivity index is 2.38. The number of carbonyl (C=O) groups is 1. The van der Waals surface area contributed by atoms with E-state index in [1.165, 1.54) is 5.56 Å². The van der Waals surface area contributed by atoms with Gasteiger partial charge in [0.1, 0.15) is 12.4 Å². The van der Waals surface area contributed by atoms with Gasteiger partial charge in [-0.05, 0) is 23.6 Å². The number of hydrogen-bond donors (Lipinski definition) is 0. The molecule has 0 aliphatic carbocycles. The quantitative estimate of drug-likeness (QED) is 0.755. The number of carbonyl (C=O) groups excluding carboxylic acids is 1. The maximum Gasteiger partial charge on any atom is 0.233 e. The van der Waals surface area contributed by atoms with Gasteiger partial charge >= 0.3 is 0 Å². The minimum atomic E-state index is 0.0637. The maximum absolute atomic E-state index is 11.3. The fourth-order valence-electron chi connectivity index (χ4n) is 1.48. The highest BCUT2D eigenvalue weighted by molar-refractivity contribution is 9.09. The number of nitrogens with zero attached hydrogens (tertiary/aromatic N) is 1. The summed E-state index contributed by atoms with van der Waals surface area (Å²) in [6.07, 6.45) is 0. The highest BCUT2D eigenvalue weighted by Gasteiger charge is 2.06. The van der Waals surface area contributed by atoms with Gasteiger partial charge in [0.25, 0.3) is 0 Å². The molecule has 0 fully saturated rings. The Morgan fingerprint density at radius 3 is 2.44 bits per heavy atom. The molecule has 1 rings (SSSR count). The van der Waals surface area contributed by atoms with Crippen molar-refractivity contribution in [2.75, 3.05) is 25.5 Å². The monoisotopic (exact) mass is 313 g/mol. The normalized spacial score (nSPS) is 10.5. The molecule has 0 aliphatic heterocycles. The summed E-state index contributed by atoms with van der Waals surface area (Å²) in [5.41, 5.74) is 1.30. The summed E-state index contributed by atoms with van der Waals surface area (Å²) in [5.74, 6) is 1.44. The molecule has 0 unspecified atom stereocenters. The van der Waals surface area contributed by atoms with Crippen LogP contribution in [0.1, 0.15) is 25.3 Å². The van der Waals surface area contributed by atoms with Gasteiger partial charge < -0.3 is 9.64 Å². The SMILES string of the molecule is CC(C)c1ccc(OCCN(C)C(=O)CBr)cc1. The van der Waals surface area contributed by atoms with E-state index in [1.807, 2.05) is 12.1 Å². The van der Waals surface area contributed by atoms with E-state index in [-0.39, 0.29) is 5.91 Å². The van der Waals surface area contributed by atoms with Crippen molar-refractivity contribution in [3.05, 3.63) is 29.8 Å². The molecule has 0 aromatic heterocycles. The Labute approximate surface area is 117 Å². The summed E-state index contributed by atoms with van der Waals surface area (Å²) in [4.78, 5) is 12.9. The van der Waals surface area contributed by atoms with Gasteiger partial charge in [-0.25, -0.2) is 0 Å². The molecule has 1 aromatic rings. The summed E-state index contributed by atoms with van der Waals surface area (Å²) in [5, 5.41) is 0.354. The second-order valence-electron chi connectivity index (χ2n) is 4.52. The van der Waals surface area contributed by atoms with Crippen LogP contribution in [0.4, 0.5) is 0 Å². The van der Waals surface area contributed by atoms with Gasteiger partial charge in [0.05, 0.1) is 11.9 Å². The lowest BCUT2D eigenvalue weighted by Gasteiger charge is -2.16. The molecule has 0 aliphatic rings. The van der Waals surface area contributed by atoms with Crippen molar-refractivity contribution in [1.29, 1.82) is 0 Å². The Morgan fingerprint density at radius 1 is 1.33 bits per heavy atom. The minimum Gasteiger partial charge on any atom is -0.492 e. The Hall–Kier alpha value is -1.03. The Bertz CT molecular complexity index is 376. The average molecular weight is 314 g/mol. The molecular formula is C14H20BrNO2. The smallest absolute Gasteiger partial charge is 0.233 e. The van der Waals surface area contributed by atoms with Crippen LogP contribution in [0.2, 0.25) is 0 Å². The Kier molecular flexibility index (Phi) is 6.19. The van der Waals surface area contributed by atoms with Crippen molar-refractivity contribution in [2.45, 2.75) is 19.8 Å². The van der Waals surface area contributed by atoms with Crippen LogP contribution in [0.15, 0.2) is 24.3 Å². The molecule has 3 nitrogen and oxygen atoms in total. The van der Waals surface area contributed by atoms with Gasteiger partial charge in [0.15, 0.2) is 0 Å². The first-order chi connectivity index (χ1) is 8.54. The van der Waals surface area contributed by atoms with E-state index in [4.69, 9.17) is 4.74 Å². The number of halogens is 1. The zero-order valence-corrected chi connectivity index (χ0v) is 12.7. The third-order valence-corrected chi connectivity index (χ3v) is 3.26. The average Bonchev–Trinajstić information content (AvgIpc) is 2.38. The van der Waals surface area contributed by atoms with Crippen LogP contribution < -0.4 is 4.74 Å². The standard InChI is InChI=1S/C14H20BrNO2/c1-11(2)12-4-6-13(7-5-12)18-9-8-16(3)14(17)10-15/h4-7,11H,8-10H2,1-3H3. The molecule has 1 aromatic carbocycles. The molecule has 100 valence electrons. The first kappa shape index (κ1) is 15.0. The molecule has 0 N–H and O–H groups in total. The predicted octanol–water partition coefficient (Wildman–Crippen LogP) is 3.04. The number of rotatable bonds is 6. The second kappa shape index (κ2) is 7.41. The number of benzene rings is 1. The van der Waals surface area contributed by atoms with Gasteiger partial charge in [-0.2, -0.15) is 0 Å². The minimum absolute atomic E-state index is 0.0637. The molecule has 4 heteroatoms. The van der Waals surface area contributed by atoms with Gasteiger partial charge in [0, 0.05) is 7.05 Å². The van der Waals surface area contributed by atoms with Crippen molar-refractivity contribution in [3.63, 3.8) is 0 Å². The maximum atomic E-state index is 11.3. The van der Waals surface area contributed by atoms with Crippen LogP contribution in [-0.2, 0) is 4.79 Å².